The number of fused-ring (bicyclic) bond motifs is 1. The Bertz CT molecular complexity index is 1240. The van der Waals surface area contributed by atoms with E-state index >= 15 is 0 Å². The Morgan fingerprint density at radius 1 is 1.00 bits per heavy atom. The van der Waals surface area contributed by atoms with Crippen molar-refractivity contribution in [3.8, 4) is 11.1 Å². The van der Waals surface area contributed by atoms with Gasteiger partial charge in [-0.05, 0) is 81.4 Å². The first kappa shape index (κ1) is 24.4. The largest absolute Gasteiger partial charge is 0.390 e. The molecule has 7 nitrogen and oxygen atoms in total. The van der Waals surface area contributed by atoms with Gasteiger partial charge in [0.15, 0.2) is 0 Å². The number of amides is 1. The average molecular weight is 502 g/mol. The lowest BCUT2D eigenvalue weighted by molar-refractivity contribution is -0.149. The van der Waals surface area contributed by atoms with Crippen molar-refractivity contribution in [1.29, 1.82) is 0 Å². The van der Waals surface area contributed by atoms with Crippen molar-refractivity contribution in [2.45, 2.75) is 51.0 Å². The van der Waals surface area contributed by atoms with Gasteiger partial charge < -0.3 is 19.8 Å². The number of anilines is 1. The molecule has 1 amide bonds. The Morgan fingerprint density at radius 3 is 2.35 bits per heavy atom. The minimum atomic E-state index is -0.662. The number of rotatable bonds is 5. The van der Waals surface area contributed by atoms with Crippen molar-refractivity contribution in [1.82, 2.24) is 19.4 Å². The Balaban J connectivity index is 1.13. The van der Waals surface area contributed by atoms with E-state index < -0.39 is 5.60 Å². The molecule has 0 atom stereocenters. The van der Waals surface area contributed by atoms with Gasteiger partial charge in [-0.3, -0.25) is 4.79 Å². The number of likely N-dealkylation sites (tertiary alicyclic amines) is 1. The highest BCUT2D eigenvalue weighted by molar-refractivity contribution is 5.82. The Kier molecular flexibility index (Phi) is 6.45. The van der Waals surface area contributed by atoms with Crippen LogP contribution in [0.25, 0.3) is 16.6 Å². The standard InChI is InChI=1S/C30H39N5O2/c1-3-32-12-9-24(10-13-32)22-4-6-23(7-5-22)25-18-28-27(8-11-31-35(28)21-25)33-14-16-34(17-15-33)29(36)26-19-30(2,37)20-26/h4-8,11,18,21,24,26,37H,3,9-10,12-17,19-20H2,1-2H3/t26-,30-. The Morgan fingerprint density at radius 2 is 1.70 bits per heavy atom. The molecule has 0 bridgehead atoms. The highest BCUT2D eigenvalue weighted by Crippen LogP contribution is 2.39. The maximum atomic E-state index is 12.8. The summed E-state index contributed by atoms with van der Waals surface area (Å²) in [5, 5.41) is 14.6. The van der Waals surface area contributed by atoms with Gasteiger partial charge in [-0.2, -0.15) is 5.10 Å². The minimum Gasteiger partial charge on any atom is -0.390 e. The van der Waals surface area contributed by atoms with E-state index in [1.807, 2.05) is 22.5 Å². The molecule has 2 saturated heterocycles. The van der Waals surface area contributed by atoms with Crippen LogP contribution in [0.2, 0.25) is 0 Å². The lowest BCUT2D eigenvalue weighted by atomic mass is 9.71. The van der Waals surface area contributed by atoms with Gasteiger partial charge in [0.2, 0.25) is 5.91 Å². The highest BCUT2D eigenvalue weighted by Gasteiger charge is 2.44. The van der Waals surface area contributed by atoms with Gasteiger partial charge in [-0.1, -0.05) is 31.2 Å². The summed E-state index contributed by atoms with van der Waals surface area (Å²) in [5.74, 6) is 0.856. The monoisotopic (exact) mass is 501 g/mol. The van der Waals surface area contributed by atoms with Gasteiger partial charge in [-0.25, -0.2) is 4.52 Å². The van der Waals surface area contributed by atoms with Crippen LogP contribution in [0.3, 0.4) is 0 Å². The van der Waals surface area contributed by atoms with E-state index in [4.69, 9.17) is 0 Å². The summed E-state index contributed by atoms with van der Waals surface area (Å²) in [5.41, 5.74) is 5.46. The molecule has 4 heterocycles. The first-order chi connectivity index (χ1) is 17.9. The van der Waals surface area contributed by atoms with Crippen LogP contribution in [0.1, 0.15) is 51.0 Å². The number of carbonyl (C=O) groups is 1. The van der Waals surface area contributed by atoms with Crippen molar-refractivity contribution >= 4 is 17.1 Å². The smallest absolute Gasteiger partial charge is 0.226 e. The summed E-state index contributed by atoms with van der Waals surface area (Å²) < 4.78 is 1.98. The molecule has 196 valence electrons. The molecule has 1 saturated carbocycles. The van der Waals surface area contributed by atoms with Crippen LogP contribution in [0.5, 0.6) is 0 Å². The van der Waals surface area contributed by atoms with E-state index in [1.165, 1.54) is 48.3 Å². The van der Waals surface area contributed by atoms with Crippen LogP contribution in [0, 0.1) is 5.92 Å². The third-order valence-electron chi connectivity index (χ3n) is 8.89. The molecule has 2 aromatic heterocycles. The number of aromatic nitrogens is 2. The minimum absolute atomic E-state index is 0.0158. The molecule has 1 N–H and O–H groups in total. The summed E-state index contributed by atoms with van der Waals surface area (Å²) in [4.78, 5) is 19.7. The van der Waals surface area contributed by atoms with E-state index in [1.54, 1.807) is 0 Å². The van der Waals surface area contributed by atoms with E-state index in [-0.39, 0.29) is 11.8 Å². The lowest BCUT2D eigenvalue weighted by Crippen LogP contribution is -2.54. The molecule has 0 unspecified atom stereocenters. The third-order valence-corrected chi connectivity index (χ3v) is 8.89. The highest BCUT2D eigenvalue weighted by atomic mass is 16.3. The molecule has 3 aromatic rings. The number of nitrogens with zero attached hydrogens (tertiary/aromatic N) is 5. The first-order valence-electron chi connectivity index (χ1n) is 14.0. The lowest BCUT2D eigenvalue weighted by Gasteiger charge is -2.44. The van der Waals surface area contributed by atoms with Crippen molar-refractivity contribution in [2.75, 3.05) is 50.7 Å². The fourth-order valence-electron chi connectivity index (χ4n) is 6.56. The zero-order valence-electron chi connectivity index (χ0n) is 22.1. The number of piperidine rings is 1. The van der Waals surface area contributed by atoms with Crippen molar-refractivity contribution in [3.05, 3.63) is 54.4 Å². The predicted octanol–water partition coefficient (Wildman–Crippen LogP) is 4.01. The van der Waals surface area contributed by atoms with E-state index in [0.717, 1.165) is 38.2 Å². The second-order valence-corrected chi connectivity index (χ2v) is 11.5. The van der Waals surface area contributed by atoms with Gasteiger partial charge >= 0.3 is 0 Å². The van der Waals surface area contributed by atoms with Gasteiger partial charge in [0.25, 0.3) is 0 Å². The molecule has 2 aliphatic heterocycles. The molecule has 6 rings (SSSR count). The molecule has 3 aliphatic rings. The predicted molar refractivity (Wildman–Crippen MR) is 147 cm³/mol. The first-order valence-corrected chi connectivity index (χ1v) is 14.0. The second kappa shape index (κ2) is 9.76. The summed E-state index contributed by atoms with van der Waals surface area (Å²) in [7, 11) is 0. The number of hydrogen-bond donors (Lipinski definition) is 1. The second-order valence-electron chi connectivity index (χ2n) is 11.5. The van der Waals surface area contributed by atoms with Gasteiger partial charge in [0, 0.05) is 50.1 Å². The van der Waals surface area contributed by atoms with Gasteiger partial charge in [0.1, 0.15) is 0 Å². The number of aliphatic hydroxyl groups is 1. The zero-order chi connectivity index (χ0) is 25.6. The summed E-state index contributed by atoms with van der Waals surface area (Å²) in [6.07, 6.45) is 7.65. The van der Waals surface area contributed by atoms with E-state index in [2.05, 4.69) is 64.4 Å². The van der Waals surface area contributed by atoms with Gasteiger partial charge in [-0.15, -0.1) is 0 Å². The molecule has 1 aliphatic carbocycles. The molecule has 1 aromatic carbocycles. The molecule has 0 radical (unpaired) electrons. The molecule has 0 spiro atoms. The number of piperazine rings is 1. The van der Waals surface area contributed by atoms with Crippen molar-refractivity contribution in [2.24, 2.45) is 5.92 Å². The maximum Gasteiger partial charge on any atom is 0.226 e. The number of hydrogen-bond acceptors (Lipinski definition) is 5. The van der Waals surface area contributed by atoms with Crippen molar-refractivity contribution in [3.63, 3.8) is 0 Å². The third kappa shape index (κ3) is 4.87. The van der Waals surface area contributed by atoms with Crippen LogP contribution in [0.4, 0.5) is 5.69 Å². The van der Waals surface area contributed by atoms with Crippen LogP contribution < -0.4 is 4.90 Å². The number of benzene rings is 1. The Hall–Kier alpha value is -2.90. The molecule has 3 fully saturated rings. The molecule has 7 heteroatoms. The fraction of sp³-hybridized carbons (Fsp3) is 0.533. The fourth-order valence-corrected chi connectivity index (χ4v) is 6.56. The van der Waals surface area contributed by atoms with Crippen LogP contribution in [0.15, 0.2) is 48.8 Å². The zero-order valence-corrected chi connectivity index (χ0v) is 22.1. The summed E-state index contributed by atoms with van der Waals surface area (Å²) >= 11 is 0. The number of carbonyl (C=O) groups excluding carboxylic acids is 1. The quantitative estimate of drug-likeness (QED) is 0.572. The van der Waals surface area contributed by atoms with Crippen LogP contribution in [-0.2, 0) is 4.79 Å². The van der Waals surface area contributed by atoms with Gasteiger partial charge in [0.05, 0.1) is 16.8 Å². The average Bonchev–Trinajstić information content (AvgIpc) is 3.36. The van der Waals surface area contributed by atoms with Crippen LogP contribution >= 0.6 is 0 Å². The summed E-state index contributed by atoms with van der Waals surface area (Å²) in [6, 6.07) is 13.5. The summed E-state index contributed by atoms with van der Waals surface area (Å²) in [6.45, 7) is 10.7. The Labute approximate surface area is 219 Å². The van der Waals surface area contributed by atoms with Crippen molar-refractivity contribution < 1.29 is 9.90 Å². The SMILES string of the molecule is CCN1CCC(c2ccc(-c3cc4c(N5CCN(C(=O)[C@H]6C[C@](C)(O)C6)CC5)ccnn4c3)cc2)CC1. The normalized spacial score (nSPS) is 25.4. The maximum absolute atomic E-state index is 12.8. The van der Waals surface area contributed by atoms with E-state index in [9.17, 15) is 9.90 Å². The van der Waals surface area contributed by atoms with Crippen LogP contribution in [-0.4, -0.2) is 81.8 Å². The van der Waals surface area contributed by atoms with E-state index in [0.29, 0.717) is 18.8 Å². The molecule has 37 heavy (non-hydrogen) atoms. The topological polar surface area (TPSA) is 64.3 Å². The molecular weight excluding hydrogens is 462 g/mol. The molecular formula is C30H39N5O2.